The Morgan fingerprint density at radius 3 is 3.07 bits per heavy atom. The van der Waals surface area contributed by atoms with Crippen LogP contribution in [-0.4, -0.2) is 17.6 Å². The standard InChI is InChI=1S/C11H11NO2/c1-3-14-11(13)5-4-10-8-9(2)6-7-12-10/h6-8H,3H2,1-2H3. The van der Waals surface area contributed by atoms with Gasteiger partial charge in [0.2, 0.25) is 0 Å². The number of hydrogen-bond acceptors (Lipinski definition) is 3. The maximum Gasteiger partial charge on any atom is 0.384 e. The Labute approximate surface area is 83.1 Å². The lowest BCUT2D eigenvalue weighted by molar-refractivity contribution is -0.136. The minimum atomic E-state index is -0.518. The predicted molar refractivity (Wildman–Crippen MR) is 52.5 cm³/mol. The Kier molecular flexibility index (Phi) is 3.69. The van der Waals surface area contributed by atoms with Crippen molar-refractivity contribution in [2.75, 3.05) is 6.61 Å². The van der Waals surface area contributed by atoms with E-state index in [4.69, 9.17) is 0 Å². The molecule has 0 N–H and O–H groups in total. The highest BCUT2D eigenvalue weighted by molar-refractivity contribution is 5.88. The summed E-state index contributed by atoms with van der Waals surface area (Å²) in [6, 6.07) is 3.68. The number of carbonyl (C=O) groups excluding carboxylic acids is 1. The summed E-state index contributed by atoms with van der Waals surface area (Å²) >= 11 is 0. The number of rotatable bonds is 1. The van der Waals surface area contributed by atoms with Crippen LogP contribution in [0, 0.1) is 18.8 Å². The quantitative estimate of drug-likeness (QED) is 0.494. The Balaban J connectivity index is 2.72. The molecule has 3 heteroatoms. The van der Waals surface area contributed by atoms with Crippen molar-refractivity contribution in [2.24, 2.45) is 0 Å². The van der Waals surface area contributed by atoms with Gasteiger partial charge in [-0.15, -0.1) is 0 Å². The number of carbonyl (C=O) groups is 1. The molecular weight excluding hydrogens is 178 g/mol. The molecule has 0 saturated carbocycles. The van der Waals surface area contributed by atoms with Gasteiger partial charge in [-0.2, -0.15) is 0 Å². The van der Waals surface area contributed by atoms with Gasteiger partial charge in [0.25, 0.3) is 0 Å². The third-order valence-electron chi connectivity index (χ3n) is 1.48. The van der Waals surface area contributed by atoms with E-state index in [0.29, 0.717) is 12.3 Å². The summed E-state index contributed by atoms with van der Waals surface area (Å²) in [5.41, 5.74) is 1.64. The van der Waals surface area contributed by atoms with E-state index < -0.39 is 5.97 Å². The number of pyridine rings is 1. The van der Waals surface area contributed by atoms with Crippen LogP contribution < -0.4 is 0 Å². The molecule has 0 aliphatic carbocycles. The van der Waals surface area contributed by atoms with Crippen molar-refractivity contribution in [2.45, 2.75) is 13.8 Å². The summed E-state index contributed by atoms with van der Waals surface area (Å²) in [6.45, 7) is 4.02. The minimum absolute atomic E-state index is 0.342. The molecule has 0 unspecified atom stereocenters. The largest absolute Gasteiger partial charge is 0.456 e. The number of hydrogen-bond donors (Lipinski definition) is 0. The third kappa shape index (κ3) is 3.28. The van der Waals surface area contributed by atoms with E-state index in [1.165, 1.54) is 0 Å². The Bertz CT molecular complexity index is 388. The molecule has 0 aliphatic heterocycles. The van der Waals surface area contributed by atoms with Crippen molar-refractivity contribution in [3.8, 4) is 11.8 Å². The topological polar surface area (TPSA) is 39.2 Å². The minimum Gasteiger partial charge on any atom is -0.456 e. The normalized spacial score (nSPS) is 8.71. The monoisotopic (exact) mass is 189 g/mol. The van der Waals surface area contributed by atoms with Crippen LogP contribution in [0.15, 0.2) is 18.3 Å². The van der Waals surface area contributed by atoms with E-state index in [1.54, 1.807) is 13.1 Å². The van der Waals surface area contributed by atoms with E-state index in [-0.39, 0.29) is 0 Å². The number of ether oxygens (including phenoxy) is 1. The molecule has 1 heterocycles. The predicted octanol–water partition coefficient (Wildman–Crippen LogP) is 1.30. The van der Waals surface area contributed by atoms with Gasteiger partial charge in [-0.3, -0.25) is 0 Å². The van der Waals surface area contributed by atoms with Gasteiger partial charge in [-0.05, 0) is 37.5 Å². The van der Waals surface area contributed by atoms with Gasteiger partial charge in [0.1, 0.15) is 5.69 Å². The molecule has 3 nitrogen and oxygen atoms in total. The lowest BCUT2D eigenvalue weighted by atomic mass is 10.2. The molecule has 0 radical (unpaired) electrons. The fraction of sp³-hybridized carbons (Fsp3) is 0.273. The highest BCUT2D eigenvalue weighted by atomic mass is 16.5. The lowest BCUT2D eigenvalue weighted by Gasteiger charge is -1.92. The molecule has 14 heavy (non-hydrogen) atoms. The molecule has 0 aromatic carbocycles. The van der Waals surface area contributed by atoms with E-state index in [9.17, 15) is 4.79 Å². The molecule has 1 aromatic rings. The molecule has 0 bridgehead atoms. The van der Waals surface area contributed by atoms with Crippen LogP contribution in [0.25, 0.3) is 0 Å². The summed E-state index contributed by atoms with van der Waals surface area (Å²) in [5, 5.41) is 0. The fourth-order valence-corrected chi connectivity index (χ4v) is 0.887. The average molecular weight is 189 g/mol. The van der Waals surface area contributed by atoms with Crippen LogP contribution in [0.3, 0.4) is 0 Å². The van der Waals surface area contributed by atoms with Crippen LogP contribution in [0.2, 0.25) is 0 Å². The van der Waals surface area contributed by atoms with Crippen molar-refractivity contribution in [1.29, 1.82) is 0 Å². The second kappa shape index (κ2) is 5.03. The Hall–Kier alpha value is -1.82. The second-order valence-electron chi connectivity index (χ2n) is 2.69. The first-order valence-electron chi connectivity index (χ1n) is 4.34. The second-order valence-corrected chi connectivity index (χ2v) is 2.69. The fourth-order valence-electron chi connectivity index (χ4n) is 0.887. The summed E-state index contributed by atoms with van der Waals surface area (Å²) in [6.07, 6.45) is 1.66. The van der Waals surface area contributed by atoms with Crippen LogP contribution in [0.4, 0.5) is 0 Å². The van der Waals surface area contributed by atoms with E-state index in [2.05, 4.69) is 21.6 Å². The van der Waals surface area contributed by atoms with Gasteiger partial charge in [-0.1, -0.05) is 0 Å². The molecule has 1 aromatic heterocycles. The highest BCUT2D eigenvalue weighted by Gasteiger charge is 1.93. The molecule has 0 aliphatic rings. The number of aromatic nitrogens is 1. The smallest absolute Gasteiger partial charge is 0.384 e. The average Bonchev–Trinajstić information content (AvgIpc) is 2.15. The molecule has 0 amide bonds. The zero-order chi connectivity index (χ0) is 10.4. The summed E-state index contributed by atoms with van der Waals surface area (Å²) in [5.74, 6) is 4.47. The number of esters is 1. The Morgan fingerprint density at radius 2 is 2.43 bits per heavy atom. The van der Waals surface area contributed by atoms with Crippen LogP contribution >= 0.6 is 0 Å². The van der Waals surface area contributed by atoms with Crippen LogP contribution in [0.1, 0.15) is 18.2 Å². The number of aryl methyl sites for hydroxylation is 1. The maximum atomic E-state index is 10.9. The number of nitrogens with zero attached hydrogens (tertiary/aromatic N) is 1. The maximum absolute atomic E-state index is 10.9. The van der Waals surface area contributed by atoms with Crippen molar-refractivity contribution in [3.63, 3.8) is 0 Å². The van der Waals surface area contributed by atoms with Gasteiger partial charge in [0.15, 0.2) is 0 Å². The Morgan fingerprint density at radius 1 is 1.64 bits per heavy atom. The molecule has 0 atom stereocenters. The molecule has 0 fully saturated rings. The van der Waals surface area contributed by atoms with Crippen molar-refractivity contribution in [1.82, 2.24) is 4.98 Å². The molecule has 0 spiro atoms. The first kappa shape index (κ1) is 10.3. The summed E-state index contributed by atoms with van der Waals surface area (Å²) in [7, 11) is 0. The van der Waals surface area contributed by atoms with E-state index in [1.807, 2.05) is 19.1 Å². The van der Waals surface area contributed by atoms with Crippen LogP contribution in [0.5, 0.6) is 0 Å². The van der Waals surface area contributed by atoms with Gasteiger partial charge in [0, 0.05) is 12.1 Å². The summed E-state index contributed by atoms with van der Waals surface area (Å²) < 4.78 is 4.65. The third-order valence-corrected chi connectivity index (χ3v) is 1.48. The van der Waals surface area contributed by atoms with Gasteiger partial charge in [-0.25, -0.2) is 9.78 Å². The van der Waals surface area contributed by atoms with Crippen molar-refractivity contribution >= 4 is 5.97 Å². The van der Waals surface area contributed by atoms with Crippen molar-refractivity contribution < 1.29 is 9.53 Å². The van der Waals surface area contributed by atoms with E-state index >= 15 is 0 Å². The molecular formula is C11H11NO2. The molecule has 0 saturated heterocycles. The molecule has 1 rings (SSSR count). The zero-order valence-electron chi connectivity index (χ0n) is 8.20. The first-order chi connectivity index (χ1) is 6.72. The SMILES string of the molecule is CCOC(=O)C#Cc1cc(C)ccn1. The molecule has 72 valence electrons. The zero-order valence-corrected chi connectivity index (χ0v) is 8.20. The van der Waals surface area contributed by atoms with Crippen molar-refractivity contribution in [3.05, 3.63) is 29.6 Å². The van der Waals surface area contributed by atoms with Gasteiger partial charge in [0.05, 0.1) is 6.61 Å². The highest BCUT2D eigenvalue weighted by Crippen LogP contribution is 1.97. The van der Waals surface area contributed by atoms with Gasteiger partial charge < -0.3 is 4.74 Å². The lowest BCUT2D eigenvalue weighted by Crippen LogP contribution is -1.99. The van der Waals surface area contributed by atoms with Gasteiger partial charge >= 0.3 is 5.97 Å². The van der Waals surface area contributed by atoms with Crippen LogP contribution in [-0.2, 0) is 9.53 Å². The first-order valence-corrected chi connectivity index (χ1v) is 4.34. The van der Waals surface area contributed by atoms with E-state index in [0.717, 1.165) is 5.56 Å². The summed E-state index contributed by atoms with van der Waals surface area (Å²) in [4.78, 5) is 14.9.